The van der Waals surface area contributed by atoms with Crippen LogP contribution in [-0.2, 0) is 30.3 Å². The number of ether oxygens (including phenoxy) is 1. The maximum atomic E-state index is 14.5. The number of amides is 3. The lowest BCUT2D eigenvalue weighted by Gasteiger charge is -2.40. The molecule has 1 unspecified atom stereocenters. The third-order valence-electron chi connectivity index (χ3n) is 10.3. The minimum atomic E-state index is -0.989. The summed E-state index contributed by atoms with van der Waals surface area (Å²) in [5, 5.41) is 27.2. The van der Waals surface area contributed by atoms with Gasteiger partial charge in [-0.05, 0) is 68.8 Å². The summed E-state index contributed by atoms with van der Waals surface area (Å²) in [6.45, 7) is 11.7. The second kappa shape index (κ2) is 21.2. The third-order valence-corrected chi connectivity index (χ3v) is 11.2. The molecule has 2 radical (unpaired) electrons. The second-order valence-corrected chi connectivity index (χ2v) is 15.8. The van der Waals surface area contributed by atoms with E-state index in [-0.39, 0.29) is 66.8 Å². The van der Waals surface area contributed by atoms with Crippen LogP contribution in [0.25, 0.3) is 0 Å². The number of carboxylic acid groups (broad SMARTS) is 1. The van der Waals surface area contributed by atoms with E-state index in [0.29, 0.717) is 17.8 Å². The lowest BCUT2D eigenvalue weighted by Crippen LogP contribution is -2.58. The Labute approximate surface area is 325 Å². The van der Waals surface area contributed by atoms with Crippen molar-refractivity contribution in [1.82, 2.24) is 25.4 Å². The van der Waals surface area contributed by atoms with Crippen molar-refractivity contribution >= 4 is 48.8 Å². The van der Waals surface area contributed by atoms with E-state index >= 15 is 0 Å². The first-order chi connectivity index (χ1) is 25.6. The van der Waals surface area contributed by atoms with Crippen LogP contribution in [0.15, 0.2) is 29.6 Å². The lowest BCUT2D eigenvalue weighted by atomic mass is 9.91. The molecule has 0 bridgehead atoms. The van der Waals surface area contributed by atoms with Crippen LogP contribution in [0.4, 0.5) is 0 Å². The highest BCUT2D eigenvalue weighted by Crippen LogP contribution is 2.32. The van der Waals surface area contributed by atoms with Crippen LogP contribution >= 0.6 is 11.3 Å². The number of carboxylic acids is 1. The molecule has 3 amide bonds. The SMILES string of the molecule is [B]CCN(C(=O)[C@@H](NC(=O)[C@H]1CCCCN1C)C(C)CC)[C@@H](C[C@@H](OC(C)=O)c1nc(C(=O)N[C@@H](Cc2ccc(O)cc2)C[C@H](C)C(=O)O)cs1)C(C)C. The minimum Gasteiger partial charge on any atom is -0.508 e. The molecular weight excluding hydrogens is 709 g/mol. The number of phenols is 1. The standard InChI is InChI=1S/C39H58BN5O8S/c1-8-24(4)34(43-36(49)31-11-9-10-17-44(31)7)38(50)45(18-16-40)32(23(2)3)21-33(53-26(6)46)37-42-30(22-54-37)35(48)41-28(19-25(5)39(51)52)20-27-12-14-29(47)15-13-27/h12-15,22-25,28,31-34,47H,8-11,16-21H2,1-7H3,(H,41,48)(H,43,49)(H,51,52)/t24?,25-,28+,31+,32-,33+,34-/m0/s1. The quantitative estimate of drug-likeness (QED) is 0.109. The van der Waals surface area contributed by atoms with Crippen LogP contribution in [0.3, 0.4) is 0 Å². The molecule has 1 saturated heterocycles. The number of likely N-dealkylation sites (tertiary alicyclic amines) is 1. The van der Waals surface area contributed by atoms with Gasteiger partial charge in [-0.15, -0.1) is 11.3 Å². The maximum Gasteiger partial charge on any atom is 0.306 e. The Bertz CT molecular complexity index is 1560. The van der Waals surface area contributed by atoms with Crippen molar-refractivity contribution in [2.24, 2.45) is 17.8 Å². The van der Waals surface area contributed by atoms with E-state index in [4.69, 9.17) is 12.6 Å². The van der Waals surface area contributed by atoms with E-state index in [1.54, 1.807) is 29.3 Å². The van der Waals surface area contributed by atoms with Crippen LogP contribution in [0, 0.1) is 17.8 Å². The average molecular weight is 768 g/mol. The molecule has 296 valence electrons. The Morgan fingerprint density at radius 2 is 1.76 bits per heavy atom. The zero-order valence-electron chi connectivity index (χ0n) is 32.7. The van der Waals surface area contributed by atoms with Gasteiger partial charge < -0.3 is 30.5 Å². The smallest absolute Gasteiger partial charge is 0.306 e. The van der Waals surface area contributed by atoms with Crippen molar-refractivity contribution in [3.63, 3.8) is 0 Å². The number of hydrogen-bond donors (Lipinski definition) is 4. The van der Waals surface area contributed by atoms with Crippen LogP contribution < -0.4 is 10.6 Å². The summed E-state index contributed by atoms with van der Waals surface area (Å²) in [6, 6.07) is 4.36. The number of hydrogen-bond acceptors (Lipinski definition) is 10. The van der Waals surface area contributed by atoms with E-state index in [1.807, 2.05) is 39.6 Å². The van der Waals surface area contributed by atoms with Gasteiger partial charge in [0.2, 0.25) is 11.8 Å². The summed E-state index contributed by atoms with van der Waals surface area (Å²) in [5.41, 5.74) is 0.881. The Morgan fingerprint density at radius 1 is 1.07 bits per heavy atom. The predicted octanol–water partition coefficient (Wildman–Crippen LogP) is 4.75. The fourth-order valence-electron chi connectivity index (χ4n) is 6.91. The fourth-order valence-corrected chi connectivity index (χ4v) is 7.75. The van der Waals surface area contributed by atoms with Gasteiger partial charge in [0.1, 0.15) is 22.5 Å². The average Bonchev–Trinajstić information content (AvgIpc) is 3.62. The Hall–Kier alpha value is -3.98. The van der Waals surface area contributed by atoms with Crippen LogP contribution in [-0.4, -0.2) is 107 Å². The number of carbonyl (C=O) groups excluding carboxylic acids is 4. The van der Waals surface area contributed by atoms with Gasteiger partial charge in [0, 0.05) is 37.4 Å². The van der Waals surface area contributed by atoms with E-state index < -0.39 is 48.0 Å². The first-order valence-corrected chi connectivity index (χ1v) is 19.9. The minimum absolute atomic E-state index is 0.0778. The molecule has 1 fully saturated rings. The summed E-state index contributed by atoms with van der Waals surface area (Å²) in [4.78, 5) is 74.0. The van der Waals surface area contributed by atoms with Crippen molar-refractivity contribution < 1.29 is 38.9 Å². The third kappa shape index (κ3) is 12.8. The van der Waals surface area contributed by atoms with Crippen LogP contribution in [0.2, 0.25) is 6.32 Å². The number of rotatable bonds is 20. The largest absolute Gasteiger partial charge is 0.508 e. The monoisotopic (exact) mass is 767 g/mol. The number of benzene rings is 1. The molecule has 3 rings (SSSR count). The van der Waals surface area contributed by atoms with Gasteiger partial charge in [-0.25, -0.2) is 4.98 Å². The number of piperidine rings is 1. The molecule has 2 heterocycles. The number of phenolic OH excluding ortho intramolecular Hbond substituents is 1. The number of aromatic nitrogens is 1. The highest BCUT2D eigenvalue weighted by atomic mass is 32.1. The lowest BCUT2D eigenvalue weighted by molar-refractivity contribution is -0.149. The molecule has 0 spiro atoms. The molecule has 1 aromatic carbocycles. The van der Waals surface area contributed by atoms with Gasteiger partial charge in [-0.2, -0.15) is 0 Å². The fraction of sp³-hybridized carbons (Fsp3) is 0.641. The highest BCUT2D eigenvalue weighted by Gasteiger charge is 2.38. The summed E-state index contributed by atoms with van der Waals surface area (Å²) in [5.74, 6) is -3.40. The van der Waals surface area contributed by atoms with Crippen molar-refractivity contribution in [1.29, 1.82) is 0 Å². The molecule has 1 aromatic heterocycles. The number of aromatic hydroxyl groups is 1. The molecule has 54 heavy (non-hydrogen) atoms. The van der Waals surface area contributed by atoms with Gasteiger partial charge in [-0.3, -0.25) is 28.9 Å². The predicted molar refractivity (Wildman–Crippen MR) is 208 cm³/mol. The summed E-state index contributed by atoms with van der Waals surface area (Å²) in [7, 11) is 8.01. The molecular formula is C39H58BN5O8S. The Balaban J connectivity index is 1.88. The van der Waals surface area contributed by atoms with Gasteiger partial charge in [0.15, 0.2) is 6.10 Å². The van der Waals surface area contributed by atoms with Gasteiger partial charge in [-0.1, -0.05) is 65.9 Å². The highest BCUT2D eigenvalue weighted by molar-refractivity contribution is 7.09. The van der Waals surface area contributed by atoms with E-state index in [2.05, 4.69) is 15.6 Å². The summed E-state index contributed by atoms with van der Waals surface area (Å²) < 4.78 is 5.80. The molecule has 7 atom stereocenters. The molecule has 0 aliphatic carbocycles. The van der Waals surface area contributed by atoms with Gasteiger partial charge in [0.25, 0.3) is 5.91 Å². The van der Waals surface area contributed by atoms with Crippen molar-refractivity contribution in [2.45, 2.75) is 123 Å². The maximum absolute atomic E-state index is 14.5. The number of aliphatic carboxylic acids is 1. The molecule has 4 N–H and O–H groups in total. The number of nitrogens with zero attached hydrogens (tertiary/aromatic N) is 3. The molecule has 15 heteroatoms. The first kappa shape index (κ1) is 44.4. The Kier molecular flexibility index (Phi) is 17.4. The zero-order valence-corrected chi connectivity index (χ0v) is 33.6. The number of carbonyl (C=O) groups is 5. The molecule has 13 nitrogen and oxygen atoms in total. The molecule has 1 aliphatic rings. The second-order valence-electron chi connectivity index (χ2n) is 14.9. The number of likely N-dealkylation sites (N-methyl/N-ethyl adjacent to an activating group) is 1. The van der Waals surface area contributed by atoms with E-state index in [1.165, 1.54) is 19.1 Å². The molecule has 1 aliphatic heterocycles. The van der Waals surface area contributed by atoms with Crippen molar-refractivity contribution in [2.75, 3.05) is 20.1 Å². The van der Waals surface area contributed by atoms with E-state index in [0.717, 1.165) is 42.7 Å². The van der Waals surface area contributed by atoms with Gasteiger partial charge in [0.05, 0.1) is 19.8 Å². The van der Waals surface area contributed by atoms with Crippen molar-refractivity contribution in [3.8, 4) is 5.75 Å². The zero-order chi connectivity index (χ0) is 40.1. The Morgan fingerprint density at radius 3 is 2.33 bits per heavy atom. The summed E-state index contributed by atoms with van der Waals surface area (Å²) >= 11 is 1.14. The first-order valence-electron chi connectivity index (χ1n) is 19.0. The molecule has 2 aromatic rings. The number of thiazole rings is 1. The normalized spacial score (nSPS) is 18.1. The van der Waals surface area contributed by atoms with Crippen LogP contribution in [0.1, 0.15) is 107 Å². The number of esters is 1. The topological polar surface area (TPSA) is 178 Å². The summed E-state index contributed by atoms with van der Waals surface area (Å²) in [6.07, 6.45) is 3.28. The van der Waals surface area contributed by atoms with E-state index in [9.17, 15) is 34.2 Å². The molecule has 0 saturated carbocycles. The van der Waals surface area contributed by atoms with Crippen molar-refractivity contribution in [3.05, 3.63) is 45.9 Å². The van der Waals surface area contributed by atoms with Crippen LogP contribution in [0.5, 0.6) is 5.75 Å². The number of nitrogens with one attached hydrogen (secondary N) is 2. The van der Waals surface area contributed by atoms with Gasteiger partial charge >= 0.3 is 11.9 Å².